The first kappa shape index (κ1) is 29.9. The summed E-state index contributed by atoms with van der Waals surface area (Å²) in [5, 5.41) is 10.3. The lowest BCUT2D eigenvalue weighted by Gasteiger charge is -2.47. The number of rotatable bonds is 7. The van der Waals surface area contributed by atoms with E-state index < -0.39 is 22.2 Å². The molecule has 0 unspecified atom stereocenters. The number of oxime groups is 1. The summed E-state index contributed by atoms with van der Waals surface area (Å²) in [5.74, 6) is -0.228. The molecule has 0 saturated heterocycles. The lowest BCUT2D eigenvalue weighted by atomic mass is 9.76. The van der Waals surface area contributed by atoms with Crippen molar-refractivity contribution in [2.45, 2.75) is 102 Å². The van der Waals surface area contributed by atoms with Crippen LogP contribution in [-0.2, 0) is 18.5 Å². The summed E-state index contributed by atoms with van der Waals surface area (Å²) in [4.78, 5) is 18.9. The van der Waals surface area contributed by atoms with E-state index in [0.29, 0.717) is 6.42 Å². The Morgan fingerprint density at radius 3 is 1.98 bits per heavy atom. The second kappa shape index (κ2) is 10.3. The summed E-state index contributed by atoms with van der Waals surface area (Å²) in [6, 6.07) is 21.3. The van der Waals surface area contributed by atoms with E-state index in [2.05, 4.69) is 138 Å². The van der Waals surface area contributed by atoms with E-state index in [0.717, 1.165) is 5.71 Å². The van der Waals surface area contributed by atoms with Crippen LogP contribution in [0.5, 0.6) is 0 Å². The molecule has 3 aliphatic rings. The fraction of sp³-hybridized carbons (Fsp3) is 0.515. The van der Waals surface area contributed by atoms with Crippen LogP contribution in [-0.4, -0.2) is 52.1 Å². The summed E-state index contributed by atoms with van der Waals surface area (Å²) < 4.78 is 14.4. The van der Waals surface area contributed by atoms with Gasteiger partial charge in [-0.25, -0.2) is 0 Å². The molecule has 1 saturated carbocycles. The van der Waals surface area contributed by atoms with Gasteiger partial charge in [0.25, 0.3) is 8.32 Å². The maximum Gasteiger partial charge on any atom is 0.262 e. The van der Waals surface area contributed by atoms with E-state index in [1.54, 1.807) is 6.92 Å². The molecule has 1 amide bonds. The Morgan fingerprint density at radius 1 is 0.927 bits per heavy atom. The lowest BCUT2D eigenvalue weighted by molar-refractivity contribution is -0.121. The van der Waals surface area contributed by atoms with Gasteiger partial charge >= 0.3 is 0 Å². The van der Waals surface area contributed by atoms with Gasteiger partial charge in [-0.3, -0.25) is 4.79 Å². The van der Waals surface area contributed by atoms with Crippen molar-refractivity contribution in [3.63, 3.8) is 0 Å². The van der Waals surface area contributed by atoms with Crippen LogP contribution in [0.2, 0.25) is 23.2 Å². The standard InChI is InChI=1S/C33H46N2O4Si2/c1-23(36)34-33-21-20-26(30-28(33)29(35-37-30)27(22-33)38-40(8,9)31(2,3)4)39-41(32(5,6)7,24-16-12-10-13-17-24)25-18-14-11-15-19-25/h10-21,26-28,30H,22H2,1-9H3,(H,34,36)/t26-,27+,28-,30-,33+/m0/s1. The van der Waals surface area contributed by atoms with Crippen LogP contribution < -0.4 is 15.7 Å². The van der Waals surface area contributed by atoms with Crippen LogP contribution in [0.3, 0.4) is 0 Å². The summed E-state index contributed by atoms with van der Waals surface area (Å²) in [6.45, 7) is 19.7. The second-order valence-corrected chi connectivity index (χ2v) is 23.5. The predicted molar refractivity (Wildman–Crippen MR) is 171 cm³/mol. The fourth-order valence-electron chi connectivity index (χ4n) is 6.69. The quantitative estimate of drug-likeness (QED) is 0.340. The highest BCUT2D eigenvalue weighted by atomic mass is 28.4. The summed E-state index contributed by atoms with van der Waals surface area (Å²) in [6.07, 6.45) is 3.98. The Hall–Kier alpha value is -2.53. The minimum absolute atomic E-state index is 0.0477. The molecule has 1 heterocycles. The Bertz CT molecular complexity index is 1290. The Kier molecular flexibility index (Phi) is 7.54. The van der Waals surface area contributed by atoms with Crippen molar-refractivity contribution in [2.24, 2.45) is 11.1 Å². The molecule has 220 valence electrons. The van der Waals surface area contributed by atoms with Gasteiger partial charge in [-0.05, 0) is 33.5 Å². The first-order valence-corrected chi connectivity index (χ1v) is 19.6. The molecule has 0 bridgehead atoms. The van der Waals surface area contributed by atoms with Crippen LogP contribution in [0.1, 0.15) is 54.9 Å². The highest BCUT2D eigenvalue weighted by molar-refractivity contribution is 6.99. The number of hydrogen-bond acceptors (Lipinski definition) is 5. The number of amides is 1. The number of benzene rings is 2. The Morgan fingerprint density at radius 2 is 1.49 bits per heavy atom. The number of hydrogen-bond donors (Lipinski definition) is 1. The summed E-state index contributed by atoms with van der Waals surface area (Å²) in [7, 11) is -4.96. The van der Waals surface area contributed by atoms with Gasteiger partial charge < -0.3 is 19.0 Å². The predicted octanol–water partition coefficient (Wildman–Crippen LogP) is 5.54. The number of nitrogens with one attached hydrogen (secondary N) is 1. The zero-order valence-corrected chi connectivity index (χ0v) is 28.0. The molecule has 0 spiro atoms. The minimum Gasteiger partial charge on any atom is -0.408 e. The van der Waals surface area contributed by atoms with Gasteiger partial charge in [0.2, 0.25) is 5.91 Å². The van der Waals surface area contributed by atoms with Crippen molar-refractivity contribution < 1.29 is 18.5 Å². The number of nitrogens with zero attached hydrogens (tertiary/aromatic N) is 1. The normalized spacial score (nSPS) is 27.7. The highest BCUT2D eigenvalue weighted by Crippen LogP contribution is 2.50. The topological polar surface area (TPSA) is 69.2 Å². The average Bonchev–Trinajstić information content (AvgIpc) is 3.46. The van der Waals surface area contributed by atoms with Gasteiger partial charge in [-0.15, -0.1) is 0 Å². The molecular formula is C33H46N2O4Si2. The number of carbonyl (C=O) groups is 1. The molecule has 2 aromatic rings. The molecule has 1 aliphatic heterocycles. The molecule has 5 rings (SSSR count). The molecule has 8 heteroatoms. The van der Waals surface area contributed by atoms with E-state index in [4.69, 9.17) is 13.7 Å². The molecular weight excluding hydrogens is 545 g/mol. The van der Waals surface area contributed by atoms with Crippen LogP contribution in [0, 0.1) is 5.92 Å². The van der Waals surface area contributed by atoms with Crippen molar-refractivity contribution in [3.8, 4) is 0 Å². The Balaban J connectivity index is 1.57. The molecule has 0 aromatic heterocycles. The second-order valence-electron chi connectivity index (χ2n) is 14.5. The molecule has 5 atom stereocenters. The molecule has 2 aromatic carbocycles. The van der Waals surface area contributed by atoms with Crippen LogP contribution >= 0.6 is 0 Å². The third-order valence-corrected chi connectivity index (χ3v) is 19.1. The molecule has 2 aliphatic carbocycles. The molecule has 6 nitrogen and oxygen atoms in total. The largest absolute Gasteiger partial charge is 0.408 e. The highest BCUT2D eigenvalue weighted by Gasteiger charge is 2.64. The van der Waals surface area contributed by atoms with E-state index in [9.17, 15) is 4.79 Å². The maximum absolute atomic E-state index is 12.6. The monoisotopic (exact) mass is 590 g/mol. The molecule has 1 fully saturated rings. The van der Waals surface area contributed by atoms with Crippen molar-refractivity contribution >= 4 is 38.6 Å². The Labute approximate surface area is 247 Å². The smallest absolute Gasteiger partial charge is 0.262 e. The minimum atomic E-state index is -2.85. The zero-order chi connectivity index (χ0) is 29.8. The van der Waals surface area contributed by atoms with E-state index >= 15 is 0 Å². The average molecular weight is 591 g/mol. The van der Waals surface area contributed by atoms with Gasteiger partial charge in [0.1, 0.15) is 6.10 Å². The molecule has 41 heavy (non-hydrogen) atoms. The fourth-order valence-corrected chi connectivity index (χ4v) is 12.6. The third kappa shape index (κ3) is 5.07. The molecule has 0 radical (unpaired) electrons. The van der Waals surface area contributed by atoms with Crippen molar-refractivity contribution in [2.75, 3.05) is 0 Å². The van der Waals surface area contributed by atoms with Gasteiger partial charge in [-0.2, -0.15) is 0 Å². The van der Waals surface area contributed by atoms with Gasteiger partial charge in [0, 0.05) is 13.3 Å². The maximum atomic E-state index is 12.6. The van der Waals surface area contributed by atoms with E-state index in [1.807, 2.05) is 0 Å². The van der Waals surface area contributed by atoms with Crippen LogP contribution in [0.15, 0.2) is 78.0 Å². The summed E-state index contributed by atoms with van der Waals surface area (Å²) in [5.41, 5.74) is 0.276. The number of carbonyl (C=O) groups excluding carboxylic acids is 1. The SMILES string of the molecule is CC(=O)N[C@]12C=C[C@H](O[Si](c3ccccc3)(c3ccccc3)C(C)(C)C)[C@@H]3ON=C([C@H](O[Si](C)(C)C(C)(C)C)C1)[C@@H]32. The van der Waals surface area contributed by atoms with E-state index in [-0.39, 0.29) is 40.2 Å². The van der Waals surface area contributed by atoms with Gasteiger partial charge in [-0.1, -0.05) is 120 Å². The van der Waals surface area contributed by atoms with Crippen LogP contribution in [0.4, 0.5) is 0 Å². The van der Waals surface area contributed by atoms with Gasteiger partial charge in [0.05, 0.1) is 23.3 Å². The zero-order valence-electron chi connectivity index (χ0n) is 26.0. The van der Waals surface area contributed by atoms with Crippen molar-refractivity contribution in [1.29, 1.82) is 0 Å². The van der Waals surface area contributed by atoms with Crippen molar-refractivity contribution in [1.82, 2.24) is 5.32 Å². The lowest BCUT2D eigenvalue weighted by Crippen LogP contribution is -2.69. The van der Waals surface area contributed by atoms with Crippen molar-refractivity contribution in [3.05, 3.63) is 72.8 Å². The van der Waals surface area contributed by atoms with Crippen LogP contribution in [0.25, 0.3) is 0 Å². The van der Waals surface area contributed by atoms with E-state index in [1.165, 1.54) is 10.4 Å². The third-order valence-electron chi connectivity index (χ3n) is 9.62. The molecule has 1 N–H and O–H groups in total. The summed E-state index contributed by atoms with van der Waals surface area (Å²) >= 11 is 0. The first-order valence-electron chi connectivity index (χ1n) is 14.8. The van der Waals surface area contributed by atoms with Gasteiger partial charge in [0.15, 0.2) is 14.4 Å². The first-order chi connectivity index (χ1) is 19.1.